The standard InChI is InChI=1S/C8H7F4O6PS2/c9-5-1-2-7(6(3-5)20-8(10,11)12)21(16,17)18-4-19(13,14)15/h1-3H,4H2,(H2,13,14,15). The van der Waals surface area contributed by atoms with Crippen molar-refractivity contribution in [2.45, 2.75) is 15.3 Å². The van der Waals surface area contributed by atoms with Gasteiger partial charge in [-0.2, -0.15) is 21.6 Å². The zero-order chi connectivity index (χ0) is 16.5. The van der Waals surface area contributed by atoms with Gasteiger partial charge in [0.05, 0.1) is 0 Å². The van der Waals surface area contributed by atoms with Crippen molar-refractivity contribution in [3.05, 3.63) is 24.0 Å². The molecule has 120 valence electrons. The van der Waals surface area contributed by atoms with Gasteiger partial charge < -0.3 is 9.79 Å². The Bertz CT molecular complexity index is 668. The summed E-state index contributed by atoms with van der Waals surface area (Å²) in [6.07, 6.45) is -1.54. The quantitative estimate of drug-likeness (QED) is 0.355. The van der Waals surface area contributed by atoms with Crippen molar-refractivity contribution in [1.82, 2.24) is 0 Å². The fourth-order valence-corrected chi connectivity index (χ4v) is 3.89. The van der Waals surface area contributed by atoms with E-state index in [-0.39, 0.29) is 0 Å². The van der Waals surface area contributed by atoms with Crippen LogP contribution in [0, 0.1) is 5.82 Å². The van der Waals surface area contributed by atoms with E-state index < -0.39 is 56.9 Å². The van der Waals surface area contributed by atoms with Crippen LogP contribution in [0.5, 0.6) is 0 Å². The highest BCUT2D eigenvalue weighted by Crippen LogP contribution is 2.41. The zero-order valence-corrected chi connectivity index (χ0v) is 12.3. The number of alkyl halides is 3. The molecule has 0 bridgehead atoms. The number of benzene rings is 1. The lowest BCUT2D eigenvalue weighted by atomic mass is 10.3. The molecule has 0 aliphatic heterocycles. The van der Waals surface area contributed by atoms with E-state index in [1.54, 1.807) is 0 Å². The largest absolute Gasteiger partial charge is 0.446 e. The number of hydrogen-bond acceptors (Lipinski definition) is 5. The van der Waals surface area contributed by atoms with Gasteiger partial charge in [-0.05, 0) is 30.0 Å². The first-order chi connectivity index (χ1) is 9.30. The lowest BCUT2D eigenvalue weighted by Gasteiger charge is -2.12. The van der Waals surface area contributed by atoms with Gasteiger partial charge in [-0.25, -0.2) is 4.39 Å². The number of rotatable bonds is 5. The molecule has 0 aliphatic rings. The molecule has 2 N–H and O–H groups in total. The zero-order valence-electron chi connectivity index (χ0n) is 9.74. The van der Waals surface area contributed by atoms with E-state index in [0.717, 1.165) is 0 Å². The predicted molar refractivity (Wildman–Crippen MR) is 63.5 cm³/mol. The van der Waals surface area contributed by atoms with Crippen LogP contribution in [0.25, 0.3) is 0 Å². The van der Waals surface area contributed by atoms with Gasteiger partial charge in [0.25, 0.3) is 10.1 Å². The van der Waals surface area contributed by atoms with Crippen LogP contribution in [0.3, 0.4) is 0 Å². The molecule has 0 amide bonds. The van der Waals surface area contributed by atoms with Crippen LogP contribution < -0.4 is 0 Å². The fraction of sp³-hybridized carbons (Fsp3) is 0.250. The smallest absolute Gasteiger partial charge is 0.323 e. The summed E-state index contributed by atoms with van der Waals surface area (Å²) < 4.78 is 87.6. The number of halogens is 4. The van der Waals surface area contributed by atoms with Crippen LogP contribution in [0.15, 0.2) is 28.0 Å². The van der Waals surface area contributed by atoms with Crippen LogP contribution in [-0.2, 0) is 18.9 Å². The SMILES string of the molecule is O=P(O)(O)COS(=O)(=O)c1ccc(F)cc1SC(F)(F)F. The molecule has 0 fully saturated rings. The monoisotopic (exact) mass is 370 g/mol. The molecule has 0 aromatic heterocycles. The molecule has 0 unspecified atom stereocenters. The van der Waals surface area contributed by atoms with Crippen molar-refractivity contribution in [3.63, 3.8) is 0 Å². The molecule has 0 atom stereocenters. The minimum absolute atomic E-state index is 0.325. The Morgan fingerprint density at radius 3 is 2.33 bits per heavy atom. The normalized spacial score (nSPS) is 13.4. The Labute approximate surface area is 120 Å². The van der Waals surface area contributed by atoms with Crippen molar-refractivity contribution in [2.24, 2.45) is 0 Å². The molecule has 1 rings (SSSR count). The van der Waals surface area contributed by atoms with Crippen LogP contribution in [0.2, 0.25) is 0 Å². The van der Waals surface area contributed by atoms with Crippen molar-refractivity contribution in [1.29, 1.82) is 0 Å². The molecular weight excluding hydrogens is 363 g/mol. The second-order valence-electron chi connectivity index (χ2n) is 3.50. The Morgan fingerprint density at radius 2 is 1.86 bits per heavy atom. The first-order valence-electron chi connectivity index (χ1n) is 4.79. The summed E-state index contributed by atoms with van der Waals surface area (Å²) in [7, 11) is -9.75. The van der Waals surface area contributed by atoms with Gasteiger partial charge in [0.2, 0.25) is 0 Å². The average molecular weight is 370 g/mol. The van der Waals surface area contributed by atoms with E-state index in [1.807, 2.05) is 0 Å². The summed E-state index contributed by atoms with van der Waals surface area (Å²) in [5, 5.41) is 0. The van der Waals surface area contributed by atoms with Crippen LogP contribution in [-0.4, -0.2) is 30.1 Å². The van der Waals surface area contributed by atoms with Crippen LogP contribution in [0.4, 0.5) is 17.6 Å². The number of thioether (sulfide) groups is 1. The molecular formula is C8H7F4O6PS2. The van der Waals surface area contributed by atoms with Gasteiger partial charge in [-0.1, -0.05) is 0 Å². The third-order valence-corrected chi connectivity index (χ3v) is 4.66. The summed E-state index contributed by atoms with van der Waals surface area (Å²) in [4.78, 5) is 15.0. The van der Waals surface area contributed by atoms with Gasteiger partial charge in [0.1, 0.15) is 10.7 Å². The van der Waals surface area contributed by atoms with Crippen LogP contribution >= 0.6 is 19.4 Å². The summed E-state index contributed by atoms with van der Waals surface area (Å²) in [5.41, 5.74) is -4.89. The van der Waals surface area contributed by atoms with E-state index in [0.29, 0.717) is 18.2 Å². The molecule has 0 saturated heterocycles. The minimum atomic E-state index is -4.89. The summed E-state index contributed by atoms with van der Waals surface area (Å²) in [6, 6.07) is 1.42. The molecule has 6 nitrogen and oxygen atoms in total. The van der Waals surface area contributed by atoms with E-state index in [2.05, 4.69) is 4.18 Å². The first kappa shape index (κ1) is 18.4. The first-order valence-corrected chi connectivity index (χ1v) is 8.82. The molecule has 0 aliphatic carbocycles. The second kappa shape index (κ2) is 6.23. The topological polar surface area (TPSA) is 101 Å². The van der Waals surface area contributed by atoms with Crippen molar-refractivity contribution < 1.29 is 44.5 Å². The third-order valence-electron chi connectivity index (χ3n) is 1.78. The van der Waals surface area contributed by atoms with Crippen LogP contribution in [0.1, 0.15) is 0 Å². The van der Waals surface area contributed by atoms with E-state index in [9.17, 15) is 30.5 Å². The van der Waals surface area contributed by atoms with Crippen molar-refractivity contribution in [3.8, 4) is 0 Å². The Balaban J connectivity index is 3.20. The summed E-state index contributed by atoms with van der Waals surface area (Å²) in [5.74, 6) is -1.12. The molecule has 1 aromatic rings. The molecule has 1 aromatic carbocycles. The molecule has 13 heteroatoms. The molecule has 0 spiro atoms. The van der Waals surface area contributed by atoms with Gasteiger partial charge in [0.15, 0.2) is 6.35 Å². The Morgan fingerprint density at radius 1 is 1.29 bits per heavy atom. The average Bonchev–Trinajstić information content (AvgIpc) is 2.23. The number of hydrogen-bond donors (Lipinski definition) is 2. The minimum Gasteiger partial charge on any atom is -0.323 e. The Kier molecular flexibility index (Phi) is 5.45. The molecule has 0 saturated carbocycles. The highest BCUT2D eigenvalue weighted by atomic mass is 32.2. The van der Waals surface area contributed by atoms with Crippen molar-refractivity contribution >= 4 is 29.5 Å². The highest BCUT2D eigenvalue weighted by Gasteiger charge is 2.34. The van der Waals surface area contributed by atoms with Gasteiger partial charge in [-0.3, -0.25) is 8.75 Å². The maximum Gasteiger partial charge on any atom is 0.446 e. The summed E-state index contributed by atoms with van der Waals surface area (Å²) >= 11 is -0.891. The molecule has 0 radical (unpaired) electrons. The van der Waals surface area contributed by atoms with Gasteiger partial charge in [0, 0.05) is 4.90 Å². The van der Waals surface area contributed by atoms with Crippen molar-refractivity contribution in [2.75, 3.05) is 6.35 Å². The van der Waals surface area contributed by atoms with Gasteiger partial charge in [-0.15, -0.1) is 0 Å². The molecule has 21 heavy (non-hydrogen) atoms. The fourth-order valence-electron chi connectivity index (χ4n) is 1.09. The highest BCUT2D eigenvalue weighted by molar-refractivity contribution is 8.00. The lowest BCUT2D eigenvalue weighted by molar-refractivity contribution is -0.0329. The van der Waals surface area contributed by atoms with E-state index in [1.165, 1.54) is 0 Å². The third kappa shape index (κ3) is 6.32. The van der Waals surface area contributed by atoms with Gasteiger partial charge >= 0.3 is 13.1 Å². The second-order valence-corrected chi connectivity index (χ2v) is 7.78. The predicted octanol–water partition coefficient (Wildman–Crippen LogP) is 2.28. The Hall–Kier alpha value is -0.650. The summed E-state index contributed by atoms with van der Waals surface area (Å²) in [6.45, 7) is 0. The van der Waals surface area contributed by atoms with E-state index in [4.69, 9.17) is 9.79 Å². The maximum atomic E-state index is 12.9. The van der Waals surface area contributed by atoms with E-state index >= 15 is 0 Å². The lowest BCUT2D eigenvalue weighted by Crippen LogP contribution is -2.11. The maximum absolute atomic E-state index is 12.9. The molecule has 0 heterocycles.